The maximum Gasteiger partial charge on any atom is 0.239 e. The molecule has 0 radical (unpaired) electrons. The lowest BCUT2D eigenvalue weighted by Gasteiger charge is -2.07. The third-order valence-corrected chi connectivity index (χ3v) is 2.62. The van der Waals surface area contributed by atoms with E-state index in [2.05, 4.69) is 5.32 Å². The molecule has 0 unspecified atom stereocenters. The average Bonchev–Trinajstić information content (AvgIpc) is 3.04. The Hall–Kier alpha value is -1.78. The second-order valence-electron chi connectivity index (χ2n) is 4.18. The van der Waals surface area contributed by atoms with E-state index in [1.165, 1.54) is 25.1 Å². The molecule has 1 aliphatic rings. The molecular formula is C11H15N3O2. The standard InChI is InChI=1S/C11H15N3O2/c12-9-6-14(4-3-10(9)15)7-11(16)13-5-8-1-2-8/h3-4,6,8H,1-2,5,7,12H2,(H,13,16). The molecule has 0 saturated heterocycles. The monoisotopic (exact) mass is 221 g/mol. The lowest BCUT2D eigenvalue weighted by atomic mass is 10.4. The number of nitrogens with one attached hydrogen (secondary N) is 1. The van der Waals surface area contributed by atoms with E-state index in [4.69, 9.17) is 5.73 Å². The van der Waals surface area contributed by atoms with Crippen molar-refractivity contribution in [2.45, 2.75) is 19.4 Å². The highest BCUT2D eigenvalue weighted by atomic mass is 16.2. The molecule has 1 heterocycles. The number of nitrogen functional groups attached to an aromatic ring is 1. The van der Waals surface area contributed by atoms with Crippen molar-refractivity contribution in [2.75, 3.05) is 12.3 Å². The van der Waals surface area contributed by atoms with Crippen molar-refractivity contribution in [3.63, 3.8) is 0 Å². The summed E-state index contributed by atoms with van der Waals surface area (Å²) in [6, 6.07) is 1.36. The SMILES string of the molecule is Nc1cn(CC(=O)NCC2CC2)ccc1=O. The zero-order chi connectivity index (χ0) is 11.5. The first-order chi connectivity index (χ1) is 7.65. The summed E-state index contributed by atoms with van der Waals surface area (Å²) in [5.74, 6) is 0.623. The Balaban J connectivity index is 1.89. The third kappa shape index (κ3) is 2.85. The number of hydrogen-bond donors (Lipinski definition) is 2. The molecule has 3 N–H and O–H groups in total. The minimum Gasteiger partial charge on any atom is -0.394 e. The molecule has 0 bridgehead atoms. The smallest absolute Gasteiger partial charge is 0.239 e. The molecule has 0 aliphatic heterocycles. The number of nitrogens with two attached hydrogens (primary N) is 1. The van der Waals surface area contributed by atoms with E-state index in [-0.39, 0.29) is 23.6 Å². The van der Waals surface area contributed by atoms with Gasteiger partial charge >= 0.3 is 0 Å². The third-order valence-electron chi connectivity index (χ3n) is 2.62. The molecule has 86 valence electrons. The largest absolute Gasteiger partial charge is 0.394 e. The van der Waals surface area contributed by atoms with Crippen LogP contribution in [0, 0.1) is 5.92 Å². The predicted molar refractivity (Wildman–Crippen MR) is 60.8 cm³/mol. The Bertz CT molecular complexity index is 449. The average molecular weight is 221 g/mol. The summed E-state index contributed by atoms with van der Waals surface area (Å²) >= 11 is 0. The van der Waals surface area contributed by atoms with Gasteiger partial charge in [-0.05, 0) is 18.8 Å². The van der Waals surface area contributed by atoms with Gasteiger partial charge in [-0.1, -0.05) is 0 Å². The Morgan fingerprint density at radius 1 is 1.56 bits per heavy atom. The second kappa shape index (κ2) is 4.38. The van der Waals surface area contributed by atoms with Gasteiger partial charge in [-0.3, -0.25) is 9.59 Å². The highest BCUT2D eigenvalue weighted by Crippen LogP contribution is 2.27. The molecule has 0 atom stereocenters. The van der Waals surface area contributed by atoms with Crippen LogP contribution in [0.1, 0.15) is 12.8 Å². The topological polar surface area (TPSA) is 77.1 Å². The first-order valence-corrected chi connectivity index (χ1v) is 5.37. The molecule has 1 aromatic rings. The lowest BCUT2D eigenvalue weighted by Crippen LogP contribution is -2.29. The number of pyridine rings is 1. The van der Waals surface area contributed by atoms with Crippen molar-refractivity contribution < 1.29 is 4.79 Å². The number of anilines is 1. The van der Waals surface area contributed by atoms with E-state index in [1.54, 1.807) is 10.8 Å². The van der Waals surface area contributed by atoms with Gasteiger partial charge in [0.05, 0.1) is 5.69 Å². The summed E-state index contributed by atoms with van der Waals surface area (Å²) in [5.41, 5.74) is 5.41. The Labute approximate surface area is 93.3 Å². The quantitative estimate of drug-likeness (QED) is 0.748. The molecule has 1 aliphatic carbocycles. The van der Waals surface area contributed by atoms with Crippen molar-refractivity contribution >= 4 is 11.6 Å². The fraction of sp³-hybridized carbons (Fsp3) is 0.455. The molecule has 1 saturated carbocycles. The van der Waals surface area contributed by atoms with Crippen molar-refractivity contribution in [1.82, 2.24) is 9.88 Å². The Kier molecular flexibility index (Phi) is 2.94. The van der Waals surface area contributed by atoms with Gasteiger partial charge in [-0.25, -0.2) is 0 Å². The van der Waals surface area contributed by atoms with Crippen LogP contribution in [-0.4, -0.2) is 17.0 Å². The predicted octanol–water partition coefficient (Wildman–Crippen LogP) is -0.0433. The molecule has 2 rings (SSSR count). The van der Waals surface area contributed by atoms with Gasteiger partial charge in [0.25, 0.3) is 0 Å². The first kappa shape index (κ1) is 10.7. The molecule has 1 aromatic heterocycles. The molecule has 0 spiro atoms. The molecule has 5 nitrogen and oxygen atoms in total. The van der Waals surface area contributed by atoms with E-state index in [1.807, 2.05) is 0 Å². The minimum absolute atomic E-state index is 0.0463. The van der Waals surface area contributed by atoms with Gasteiger partial charge in [0.1, 0.15) is 6.54 Å². The van der Waals surface area contributed by atoms with Gasteiger partial charge in [0, 0.05) is 25.0 Å². The molecule has 1 fully saturated rings. The van der Waals surface area contributed by atoms with Crippen molar-refractivity contribution in [3.8, 4) is 0 Å². The zero-order valence-electron chi connectivity index (χ0n) is 8.98. The second-order valence-corrected chi connectivity index (χ2v) is 4.18. The van der Waals surface area contributed by atoms with Crippen LogP contribution in [0.15, 0.2) is 23.3 Å². The van der Waals surface area contributed by atoms with Crippen LogP contribution in [0.25, 0.3) is 0 Å². The fourth-order valence-corrected chi connectivity index (χ4v) is 1.45. The van der Waals surface area contributed by atoms with Crippen LogP contribution in [-0.2, 0) is 11.3 Å². The van der Waals surface area contributed by atoms with E-state index in [9.17, 15) is 9.59 Å². The summed E-state index contributed by atoms with van der Waals surface area (Å²) in [5, 5.41) is 2.85. The maximum absolute atomic E-state index is 11.5. The maximum atomic E-state index is 11.5. The van der Waals surface area contributed by atoms with Crippen LogP contribution >= 0.6 is 0 Å². The van der Waals surface area contributed by atoms with Crippen molar-refractivity contribution in [3.05, 3.63) is 28.7 Å². The molecule has 1 amide bonds. The van der Waals surface area contributed by atoms with E-state index in [0.29, 0.717) is 5.92 Å². The molecule has 0 aromatic carbocycles. The fourth-order valence-electron chi connectivity index (χ4n) is 1.45. The van der Waals surface area contributed by atoms with Gasteiger partial charge in [0.15, 0.2) is 0 Å². The number of nitrogens with zero attached hydrogens (tertiary/aromatic N) is 1. The van der Waals surface area contributed by atoms with E-state index < -0.39 is 0 Å². The molecular weight excluding hydrogens is 206 g/mol. The van der Waals surface area contributed by atoms with Gasteiger partial charge < -0.3 is 15.6 Å². The van der Waals surface area contributed by atoms with Gasteiger partial charge in [-0.2, -0.15) is 0 Å². The highest BCUT2D eigenvalue weighted by molar-refractivity contribution is 5.75. The number of amides is 1. The summed E-state index contributed by atoms with van der Waals surface area (Å²) in [4.78, 5) is 22.5. The summed E-state index contributed by atoms with van der Waals surface area (Å²) < 4.78 is 1.61. The van der Waals surface area contributed by atoms with E-state index in [0.717, 1.165) is 6.54 Å². The van der Waals surface area contributed by atoms with Crippen molar-refractivity contribution in [2.24, 2.45) is 5.92 Å². The number of hydrogen-bond acceptors (Lipinski definition) is 3. The molecule has 5 heteroatoms. The Morgan fingerprint density at radius 3 is 2.94 bits per heavy atom. The highest BCUT2D eigenvalue weighted by Gasteiger charge is 2.21. The van der Waals surface area contributed by atoms with Crippen LogP contribution < -0.4 is 16.5 Å². The van der Waals surface area contributed by atoms with E-state index >= 15 is 0 Å². The van der Waals surface area contributed by atoms with Crippen LogP contribution in [0.4, 0.5) is 5.69 Å². The number of rotatable bonds is 4. The van der Waals surface area contributed by atoms with Crippen LogP contribution in [0.3, 0.4) is 0 Å². The zero-order valence-corrected chi connectivity index (χ0v) is 8.98. The van der Waals surface area contributed by atoms with Crippen molar-refractivity contribution in [1.29, 1.82) is 0 Å². The number of carbonyl (C=O) groups excluding carboxylic acids is 1. The lowest BCUT2D eigenvalue weighted by molar-refractivity contribution is -0.121. The van der Waals surface area contributed by atoms with Crippen LogP contribution in [0.5, 0.6) is 0 Å². The van der Waals surface area contributed by atoms with Gasteiger partial charge in [0.2, 0.25) is 11.3 Å². The minimum atomic E-state index is -0.213. The summed E-state index contributed by atoms with van der Waals surface area (Å²) in [7, 11) is 0. The molecule has 16 heavy (non-hydrogen) atoms. The number of aromatic nitrogens is 1. The normalized spacial score (nSPS) is 14.8. The van der Waals surface area contributed by atoms with Gasteiger partial charge in [-0.15, -0.1) is 0 Å². The first-order valence-electron chi connectivity index (χ1n) is 5.37. The Morgan fingerprint density at radius 2 is 2.31 bits per heavy atom. The van der Waals surface area contributed by atoms with Crippen LogP contribution in [0.2, 0.25) is 0 Å². The number of carbonyl (C=O) groups is 1. The summed E-state index contributed by atoms with van der Waals surface area (Å²) in [6.07, 6.45) is 5.48. The summed E-state index contributed by atoms with van der Waals surface area (Å²) in [6.45, 7) is 0.964.